The van der Waals surface area contributed by atoms with E-state index in [1.165, 1.54) is 0 Å². The molecule has 1 heterocycles. The maximum absolute atomic E-state index is 11.5. The molecular weight excluding hydrogens is 265 g/mol. The Hall–Kier alpha value is -1.14. The van der Waals surface area contributed by atoms with Gasteiger partial charge in [-0.1, -0.05) is 0 Å². The van der Waals surface area contributed by atoms with Crippen LogP contribution in [0.5, 0.6) is 0 Å². The van der Waals surface area contributed by atoms with Gasteiger partial charge in [-0.2, -0.15) is 15.0 Å². The van der Waals surface area contributed by atoms with Crippen molar-refractivity contribution in [3.05, 3.63) is 10.6 Å². The van der Waals surface area contributed by atoms with E-state index in [4.69, 9.17) is 23.2 Å². The molecule has 0 unspecified atom stereocenters. The Morgan fingerprint density at radius 2 is 1.71 bits per heavy atom. The summed E-state index contributed by atoms with van der Waals surface area (Å²) < 4.78 is 0. The zero-order valence-corrected chi connectivity index (χ0v) is 11.2. The Balaban J connectivity index is 2.53. The Morgan fingerprint density at radius 3 is 2.18 bits per heavy atom. The predicted octanol–water partition coefficient (Wildman–Crippen LogP) is 1.50. The molecule has 6 nitrogen and oxygen atoms in total. The molecule has 94 valence electrons. The van der Waals surface area contributed by atoms with Crippen molar-refractivity contribution >= 4 is 35.1 Å². The third kappa shape index (κ3) is 5.65. The van der Waals surface area contributed by atoms with Crippen LogP contribution in [0.1, 0.15) is 20.8 Å². The van der Waals surface area contributed by atoms with Gasteiger partial charge in [0, 0.05) is 5.54 Å². The number of rotatable bonds is 3. The van der Waals surface area contributed by atoms with Crippen molar-refractivity contribution in [3.63, 3.8) is 0 Å². The van der Waals surface area contributed by atoms with Gasteiger partial charge in [0.2, 0.25) is 22.4 Å². The number of amides is 1. The zero-order chi connectivity index (χ0) is 13.1. The van der Waals surface area contributed by atoms with Crippen LogP contribution in [0.25, 0.3) is 0 Å². The molecule has 0 spiro atoms. The van der Waals surface area contributed by atoms with Crippen LogP contribution in [0.2, 0.25) is 10.6 Å². The van der Waals surface area contributed by atoms with E-state index >= 15 is 0 Å². The smallest absolute Gasteiger partial charge is 0.239 e. The van der Waals surface area contributed by atoms with Crippen molar-refractivity contribution in [2.75, 3.05) is 11.9 Å². The lowest BCUT2D eigenvalue weighted by atomic mass is 10.1. The minimum atomic E-state index is -0.285. The van der Waals surface area contributed by atoms with Crippen molar-refractivity contribution in [3.8, 4) is 0 Å². The molecule has 0 aliphatic heterocycles. The summed E-state index contributed by atoms with van der Waals surface area (Å²) in [5.41, 5.74) is -0.285. The highest BCUT2D eigenvalue weighted by Crippen LogP contribution is 2.09. The van der Waals surface area contributed by atoms with Gasteiger partial charge in [0.1, 0.15) is 0 Å². The number of hydrogen-bond donors (Lipinski definition) is 2. The summed E-state index contributed by atoms with van der Waals surface area (Å²) in [4.78, 5) is 22.6. The number of nitrogens with zero attached hydrogens (tertiary/aromatic N) is 3. The molecule has 8 heteroatoms. The number of hydrogen-bond acceptors (Lipinski definition) is 5. The molecule has 0 aromatic carbocycles. The van der Waals surface area contributed by atoms with Crippen LogP contribution in [-0.4, -0.2) is 32.9 Å². The van der Waals surface area contributed by atoms with Crippen LogP contribution < -0.4 is 10.6 Å². The van der Waals surface area contributed by atoms with Crippen molar-refractivity contribution in [1.29, 1.82) is 0 Å². The van der Waals surface area contributed by atoms with Gasteiger partial charge in [-0.25, -0.2) is 0 Å². The topological polar surface area (TPSA) is 79.8 Å². The van der Waals surface area contributed by atoms with Crippen LogP contribution in [-0.2, 0) is 4.79 Å². The summed E-state index contributed by atoms with van der Waals surface area (Å²) in [5.74, 6) is -0.00998. The van der Waals surface area contributed by atoms with Gasteiger partial charge >= 0.3 is 0 Å². The first-order valence-electron chi connectivity index (χ1n) is 4.88. The quantitative estimate of drug-likeness (QED) is 0.876. The fourth-order valence-corrected chi connectivity index (χ4v) is 1.39. The summed E-state index contributed by atoms with van der Waals surface area (Å²) in [5, 5.41) is 5.44. The molecule has 17 heavy (non-hydrogen) atoms. The Kier molecular flexibility index (Phi) is 4.47. The second-order valence-electron chi connectivity index (χ2n) is 4.35. The predicted molar refractivity (Wildman–Crippen MR) is 66.2 cm³/mol. The SMILES string of the molecule is CC(C)(C)NC(=O)CNc1nc(Cl)nc(Cl)n1. The number of carbonyl (C=O) groups is 1. The molecule has 0 saturated heterocycles. The number of aromatic nitrogens is 3. The van der Waals surface area contributed by atoms with Gasteiger partial charge in [0.05, 0.1) is 6.54 Å². The van der Waals surface area contributed by atoms with E-state index in [9.17, 15) is 4.79 Å². The number of halogens is 2. The standard InChI is InChI=1S/C9H13Cl2N5O/c1-9(2,3)16-5(17)4-12-8-14-6(10)13-7(11)15-8/h4H2,1-3H3,(H,16,17)(H,12,13,14,15). The Morgan fingerprint density at radius 1 is 1.18 bits per heavy atom. The minimum Gasteiger partial charge on any atom is -0.350 e. The molecule has 0 bridgehead atoms. The van der Waals surface area contributed by atoms with E-state index < -0.39 is 0 Å². The minimum absolute atomic E-state index is 0.0243. The normalized spacial score (nSPS) is 11.1. The van der Waals surface area contributed by atoms with Crippen LogP contribution in [0.15, 0.2) is 0 Å². The van der Waals surface area contributed by atoms with Gasteiger partial charge in [0.25, 0.3) is 0 Å². The number of carbonyl (C=O) groups excluding carboxylic acids is 1. The van der Waals surface area contributed by atoms with E-state index in [1.54, 1.807) is 0 Å². The lowest BCUT2D eigenvalue weighted by Gasteiger charge is -2.20. The van der Waals surface area contributed by atoms with Gasteiger partial charge < -0.3 is 10.6 Å². The van der Waals surface area contributed by atoms with Crippen molar-refractivity contribution in [2.24, 2.45) is 0 Å². The third-order valence-corrected chi connectivity index (χ3v) is 1.84. The first-order valence-corrected chi connectivity index (χ1v) is 5.64. The highest BCUT2D eigenvalue weighted by Gasteiger charge is 2.13. The fraction of sp³-hybridized carbons (Fsp3) is 0.556. The number of anilines is 1. The molecule has 0 saturated carbocycles. The highest BCUT2D eigenvalue weighted by atomic mass is 35.5. The molecule has 0 atom stereocenters. The van der Waals surface area contributed by atoms with Crippen LogP contribution >= 0.6 is 23.2 Å². The van der Waals surface area contributed by atoms with E-state index in [1.807, 2.05) is 20.8 Å². The summed E-state index contributed by atoms with van der Waals surface area (Å²) >= 11 is 11.2. The van der Waals surface area contributed by atoms with Gasteiger partial charge in [0.15, 0.2) is 0 Å². The van der Waals surface area contributed by atoms with E-state index in [2.05, 4.69) is 25.6 Å². The monoisotopic (exact) mass is 277 g/mol. The molecule has 1 amide bonds. The van der Waals surface area contributed by atoms with Crippen molar-refractivity contribution < 1.29 is 4.79 Å². The summed E-state index contributed by atoms with van der Waals surface area (Å²) in [6.07, 6.45) is 0. The van der Waals surface area contributed by atoms with E-state index in [0.717, 1.165) is 0 Å². The summed E-state index contributed by atoms with van der Waals surface area (Å²) in [6, 6.07) is 0. The first-order chi connectivity index (χ1) is 7.76. The molecular formula is C9H13Cl2N5O. The molecule has 1 rings (SSSR count). The third-order valence-electron chi connectivity index (χ3n) is 1.50. The van der Waals surface area contributed by atoms with Crippen molar-refractivity contribution in [1.82, 2.24) is 20.3 Å². The highest BCUT2D eigenvalue weighted by molar-refractivity contribution is 6.31. The summed E-state index contributed by atoms with van der Waals surface area (Å²) in [7, 11) is 0. The van der Waals surface area contributed by atoms with Crippen LogP contribution in [0.3, 0.4) is 0 Å². The van der Waals surface area contributed by atoms with Crippen LogP contribution in [0, 0.1) is 0 Å². The van der Waals surface area contributed by atoms with Gasteiger partial charge in [-0.3, -0.25) is 4.79 Å². The molecule has 0 radical (unpaired) electrons. The molecule has 0 fully saturated rings. The lowest BCUT2D eigenvalue weighted by molar-refractivity contribution is -0.120. The zero-order valence-electron chi connectivity index (χ0n) is 9.71. The molecule has 0 aliphatic carbocycles. The van der Waals surface area contributed by atoms with E-state index in [0.29, 0.717) is 0 Å². The second-order valence-corrected chi connectivity index (χ2v) is 5.02. The lowest BCUT2D eigenvalue weighted by Crippen LogP contribution is -2.43. The number of nitrogens with one attached hydrogen (secondary N) is 2. The van der Waals surface area contributed by atoms with Crippen LogP contribution in [0.4, 0.5) is 5.95 Å². The maximum Gasteiger partial charge on any atom is 0.239 e. The fourth-order valence-electron chi connectivity index (χ4n) is 1.03. The largest absolute Gasteiger partial charge is 0.350 e. The molecule has 0 aliphatic rings. The Labute approximate surface area is 109 Å². The van der Waals surface area contributed by atoms with Gasteiger partial charge in [-0.15, -0.1) is 0 Å². The average Bonchev–Trinajstić information content (AvgIpc) is 2.10. The molecule has 1 aromatic heterocycles. The summed E-state index contributed by atoms with van der Waals surface area (Å²) in [6.45, 7) is 5.71. The molecule has 2 N–H and O–H groups in total. The van der Waals surface area contributed by atoms with E-state index in [-0.39, 0.29) is 34.5 Å². The Bertz CT molecular complexity index is 398. The second kappa shape index (κ2) is 5.46. The first kappa shape index (κ1) is 13.9. The maximum atomic E-state index is 11.5. The van der Waals surface area contributed by atoms with Crippen molar-refractivity contribution in [2.45, 2.75) is 26.3 Å². The van der Waals surface area contributed by atoms with Gasteiger partial charge in [-0.05, 0) is 44.0 Å². The molecule has 1 aromatic rings. The average molecular weight is 278 g/mol.